The first kappa shape index (κ1) is 20.5. The molecule has 1 aromatic heterocycles. The van der Waals surface area contributed by atoms with Crippen LogP contribution in [0.25, 0.3) is 0 Å². The zero-order valence-corrected chi connectivity index (χ0v) is 15.1. The van der Waals surface area contributed by atoms with Gasteiger partial charge in [-0.1, -0.05) is 12.1 Å². The van der Waals surface area contributed by atoms with Gasteiger partial charge in [0.25, 0.3) is 0 Å². The summed E-state index contributed by atoms with van der Waals surface area (Å²) in [6, 6.07) is 5.85. The van der Waals surface area contributed by atoms with Gasteiger partial charge in [-0.25, -0.2) is 4.79 Å². The maximum absolute atomic E-state index is 12.5. The Bertz CT molecular complexity index is 716. The van der Waals surface area contributed by atoms with Crippen LogP contribution in [-0.4, -0.2) is 28.8 Å². The molecule has 0 saturated carbocycles. The smallest absolute Gasteiger partial charge is 0.316 e. The number of primary amides is 1. The van der Waals surface area contributed by atoms with Gasteiger partial charge in [0.1, 0.15) is 6.04 Å². The van der Waals surface area contributed by atoms with Crippen LogP contribution in [0.4, 0.5) is 10.5 Å². The molecule has 0 saturated heterocycles. The fourth-order valence-corrected chi connectivity index (χ4v) is 2.42. The Hall–Kier alpha value is -2.58. The number of likely N-dealkylation sites (N-methyl/N-ethyl adjacent to an activating group) is 1. The van der Waals surface area contributed by atoms with Crippen LogP contribution < -0.4 is 21.7 Å². The van der Waals surface area contributed by atoms with E-state index in [2.05, 4.69) is 21.0 Å². The van der Waals surface area contributed by atoms with E-state index in [0.29, 0.717) is 5.69 Å². The largest absolute Gasteiger partial charge is 0.351 e. The number of amides is 3. The van der Waals surface area contributed by atoms with Crippen LogP contribution in [0, 0.1) is 0 Å². The number of carbonyl (C=O) groups excluding carboxylic acids is 2. The van der Waals surface area contributed by atoms with Crippen LogP contribution >= 0.6 is 12.4 Å². The lowest BCUT2D eigenvalue weighted by Gasteiger charge is -2.19. The minimum atomic E-state index is -0.613. The third-order valence-corrected chi connectivity index (χ3v) is 3.65. The maximum Gasteiger partial charge on any atom is 0.316 e. The first-order valence-corrected chi connectivity index (χ1v) is 7.53. The molecule has 0 radical (unpaired) electrons. The lowest BCUT2D eigenvalue weighted by molar-refractivity contribution is -0.123. The molecule has 0 aliphatic heterocycles. The second kappa shape index (κ2) is 9.05. The van der Waals surface area contributed by atoms with Crippen molar-refractivity contribution < 1.29 is 9.59 Å². The number of rotatable bonds is 6. The van der Waals surface area contributed by atoms with Crippen LogP contribution in [0.5, 0.6) is 0 Å². The highest BCUT2D eigenvalue weighted by Crippen LogP contribution is 2.18. The van der Waals surface area contributed by atoms with Gasteiger partial charge in [-0.3, -0.25) is 9.48 Å². The van der Waals surface area contributed by atoms with Gasteiger partial charge in [0.05, 0.1) is 12.2 Å². The molecule has 1 aromatic carbocycles. The molecule has 0 aliphatic rings. The lowest BCUT2D eigenvalue weighted by atomic mass is 10.1. The average Bonchev–Trinajstić information content (AvgIpc) is 2.94. The molecule has 2 unspecified atom stereocenters. The summed E-state index contributed by atoms with van der Waals surface area (Å²) in [7, 11) is 3.53. The van der Waals surface area contributed by atoms with E-state index < -0.39 is 12.1 Å². The predicted molar refractivity (Wildman–Crippen MR) is 98.5 cm³/mol. The fraction of sp³-hybridized carbons (Fsp3) is 0.312. The predicted octanol–water partition coefficient (Wildman–Crippen LogP) is 1.47. The number of urea groups is 1. The molecule has 8 nitrogen and oxygen atoms in total. The van der Waals surface area contributed by atoms with Crippen LogP contribution in [0.15, 0.2) is 36.7 Å². The van der Waals surface area contributed by atoms with Gasteiger partial charge < -0.3 is 21.7 Å². The summed E-state index contributed by atoms with van der Waals surface area (Å²) in [5.41, 5.74) is 7.39. The molecule has 0 fully saturated rings. The molecule has 2 aromatic rings. The standard InChI is InChI=1S/C16H22N6O2.ClH/c1-10(11-4-6-13(7-5-11)21-16(17)24)20-15(23)14(18-2)12-8-19-22(3)9-12;/h4-10,14,18H,1-3H3,(H,20,23)(H3,17,21,24);1H. The second-order valence-electron chi connectivity index (χ2n) is 5.51. The zero-order chi connectivity index (χ0) is 17.7. The van der Waals surface area contributed by atoms with Crippen molar-refractivity contribution in [3.63, 3.8) is 0 Å². The highest BCUT2D eigenvalue weighted by atomic mass is 35.5. The molecule has 0 aliphatic carbocycles. The highest BCUT2D eigenvalue weighted by molar-refractivity contribution is 5.87. The molecule has 9 heteroatoms. The lowest BCUT2D eigenvalue weighted by Crippen LogP contribution is -2.37. The van der Waals surface area contributed by atoms with Crippen LogP contribution in [0.3, 0.4) is 0 Å². The van der Waals surface area contributed by atoms with E-state index >= 15 is 0 Å². The fourth-order valence-electron chi connectivity index (χ4n) is 2.42. The highest BCUT2D eigenvalue weighted by Gasteiger charge is 2.21. The molecule has 1 heterocycles. The van der Waals surface area contributed by atoms with Gasteiger partial charge in [-0.15, -0.1) is 12.4 Å². The summed E-state index contributed by atoms with van der Waals surface area (Å²) in [5.74, 6) is -0.141. The van der Waals surface area contributed by atoms with E-state index in [1.54, 1.807) is 43.3 Å². The van der Waals surface area contributed by atoms with Crippen molar-refractivity contribution in [1.29, 1.82) is 0 Å². The summed E-state index contributed by atoms with van der Waals surface area (Å²) in [6.45, 7) is 1.89. The van der Waals surface area contributed by atoms with E-state index in [1.807, 2.05) is 19.1 Å². The Balaban J connectivity index is 0.00000312. The Kier molecular flexibility index (Phi) is 7.41. The van der Waals surface area contributed by atoms with Gasteiger partial charge in [0.15, 0.2) is 0 Å². The molecule has 5 N–H and O–H groups in total. The molecule has 0 bridgehead atoms. The van der Waals surface area contributed by atoms with Gasteiger partial charge >= 0.3 is 6.03 Å². The van der Waals surface area contributed by atoms with E-state index in [4.69, 9.17) is 5.73 Å². The number of anilines is 1. The Labute approximate surface area is 152 Å². The minimum absolute atomic E-state index is 0. The Morgan fingerprint density at radius 3 is 2.32 bits per heavy atom. The van der Waals surface area contributed by atoms with Crippen molar-refractivity contribution >= 4 is 30.0 Å². The summed E-state index contributed by atoms with van der Waals surface area (Å²) in [6.07, 6.45) is 3.46. The number of hydrogen-bond donors (Lipinski definition) is 4. The summed E-state index contributed by atoms with van der Waals surface area (Å²) in [5, 5.41) is 12.5. The van der Waals surface area contributed by atoms with Crippen LogP contribution in [0.1, 0.15) is 30.1 Å². The summed E-state index contributed by atoms with van der Waals surface area (Å²) < 4.78 is 1.65. The Morgan fingerprint density at radius 1 is 1.20 bits per heavy atom. The molecule has 2 atom stereocenters. The quantitative estimate of drug-likeness (QED) is 0.619. The average molecular weight is 367 g/mol. The van der Waals surface area contributed by atoms with Gasteiger partial charge in [-0.05, 0) is 31.7 Å². The normalized spacial score (nSPS) is 12.6. The van der Waals surface area contributed by atoms with Gasteiger partial charge in [-0.2, -0.15) is 5.10 Å². The van der Waals surface area contributed by atoms with E-state index in [1.165, 1.54) is 0 Å². The Morgan fingerprint density at radius 2 is 1.84 bits per heavy atom. The number of nitrogens with zero attached hydrogens (tertiary/aromatic N) is 2. The molecular weight excluding hydrogens is 344 g/mol. The van der Waals surface area contributed by atoms with Crippen molar-refractivity contribution in [2.24, 2.45) is 12.8 Å². The number of nitrogens with one attached hydrogen (secondary N) is 3. The van der Waals surface area contributed by atoms with E-state index in [9.17, 15) is 9.59 Å². The number of halogens is 1. The van der Waals surface area contributed by atoms with E-state index in [-0.39, 0.29) is 24.4 Å². The minimum Gasteiger partial charge on any atom is -0.351 e. The summed E-state index contributed by atoms with van der Waals surface area (Å²) >= 11 is 0. The van der Waals surface area contributed by atoms with Crippen molar-refractivity contribution in [2.45, 2.75) is 19.0 Å². The molecule has 25 heavy (non-hydrogen) atoms. The van der Waals surface area contributed by atoms with Crippen molar-refractivity contribution in [3.05, 3.63) is 47.8 Å². The van der Waals surface area contributed by atoms with Gasteiger partial charge in [0.2, 0.25) is 5.91 Å². The first-order valence-electron chi connectivity index (χ1n) is 7.53. The molecule has 136 valence electrons. The summed E-state index contributed by atoms with van der Waals surface area (Å²) in [4.78, 5) is 23.3. The number of nitrogens with two attached hydrogens (primary N) is 1. The maximum atomic E-state index is 12.5. The first-order chi connectivity index (χ1) is 11.4. The van der Waals surface area contributed by atoms with Crippen LogP contribution in [-0.2, 0) is 11.8 Å². The second-order valence-corrected chi connectivity index (χ2v) is 5.51. The third-order valence-electron chi connectivity index (χ3n) is 3.65. The zero-order valence-electron chi connectivity index (χ0n) is 14.3. The molecule has 3 amide bonds. The topological polar surface area (TPSA) is 114 Å². The molecular formula is C16H23ClN6O2. The molecule has 2 rings (SSSR count). The van der Waals surface area contributed by atoms with E-state index in [0.717, 1.165) is 11.1 Å². The number of benzene rings is 1. The monoisotopic (exact) mass is 366 g/mol. The number of carbonyl (C=O) groups is 2. The van der Waals surface area contributed by atoms with Crippen molar-refractivity contribution in [1.82, 2.24) is 20.4 Å². The number of aromatic nitrogens is 2. The SMILES string of the molecule is CNC(C(=O)NC(C)c1ccc(NC(N)=O)cc1)c1cnn(C)c1.Cl. The van der Waals surface area contributed by atoms with Crippen molar-refractivity contribution in [3.8, 4) is 0 Å². The van der Waals surface area contributed by atoms with Crippen LogP contribution in [0.2, 0.25) is 0 Å². The number of hydrogen-bond acceptors (Lipinski definition) is 4. The molecule has 0 spiro atoms. The van der Waals surface area contributed by atoms with Gasteiger partial charge in [0, 0.05) is 24.5 Å². The third kappa shape index (κ3) is 5.47. The van der Waals surface area contributed by atoms with Crippen molar-refractivity contribution in [2.75, 3.05) is 12.4 Å². The number of aryl methyl sites for hydroxylation is 1.